The molecule has 0 aliphatic heterocycles. The van der Waals surface area contributed by atoms with Gasteiger partial charge in [-0.2, -0.15) is 5.26 Å². The molecule has 0 atom stereocenters. The third-order valence-electron chi connectivity index (χ3n) is 2.55. The number of pyridine rings is 1. The van der Waals surface area contributed by atoms with E-state index >= 15 is 0 Å². The summed E-state index contributed by atoms with van der Waals surface area (Å²) >= 11 is 0. The minimum Gasteiger partial charge on any atom is -0.269 e. The van der Waals surface area contributed by atoms with Crippen molar-refractivity contribution in [1.29, 1.82) is 5.26 Å². The van der Waals surface area contributed by atoms with Crippen LogP contribution in [0.15, 0.2) is 29.2 Å². The number of fused-ring (bicyclic) bond motifs is 1. The van der Waals surface area contributed by atoms with Crippen molar-refractivity contribution in [1.82, 2.24) is 9.38 Å². The summed E-state index contributed by atoms with van der Waals surface area (Å²) in [5.74, 6) is 0. The Morgan fingerprint density at radius 1 is 1.39 bits per heavy atom. The second kappa shape index (κ2) is 4.26. The van der Waals surface area contributed by atoms with E-state index in [1.165, 1.54) is 10.6 Å². The average molecular weight is 241 g/mol. The van der Waals surface area contributed by atoms with E-state index in [0.717, 1.165) is 12.1 Å². The van der Waals surface area contributed by atoms with Crippen LogP contribution in [-0.2, 0) is 6.42 Å². The molecule has 0 N–H and O–H groups in total. The quantitative estimate of drug-likeness (QED) is 0.768. The predicted molar refractivity (Wildman–Crippen MR) is 69.3 cm³/mol. The molecular formula is C14H15N3O. The van der Waals surface area contributed by atoms with Crippen molar-refractivity contribution in [2.75, 3.05) is 0 Å². The minimum atomic E-state index is -0.142. The Balaban J connectivity index is 2.58. The summed E-state index contributed by atoms with van der Waals surface area (Å²) in [5, 5.41) is 8.81. The van der Waals surface area contributed by atoms with Gasteiger partial charge in [-0.3, -0.25) is 9.20 Å². The summed E-state index contributed by atoms with van der Waals surface area (Å²) < 4.78 is 1.41. The highest BCUT2D eigenvalue weighted by Gasteiger charge is 2.13. The molecule has 0 aliphatic rings. The van der Waals surface area contributed by atoms with Crippen molar-refractivity contribution in [2.45, 2.75) is 27.2 Å². The maximum absolute atomic E-state index is 12.0. The van der Waals surface area contributed by atoms with Crippen LogP contribution in [0.4, 0.5) is 0 Å². The Labute approximate surface area is 106 Å². The third-order valence-corrected chi connectivity index (χ3v) is 2.55. The van der Waals surface area contributed by atoms with E-state index in [0.29, 0.717) is 11.2 Å². The van der Waals surface area contributed by atoms with Gasteiger partial charge in [-0.05, 0) is 24.0 Å². The minimum absolute atomic E-state index is 0.0877. The lowest BCUT2D eigenvalue weighted by molar-refractivity contribution is 0.406. The van der Waals surface area contributed by atoms with E-state index in [1.807, 2.05) is 6.07 Å². The zero-order chi connectivity index (χ0) is 13.3. The van der Waals surface area contributed by atoms with Gasteiger partial charge in [0, 0.05) is 18.0 Å². The van der Waals surface area contributed by atoms with Crippen LogP contribution in [0.5, 0.6) is 0 Å². The molecule has 0 saturated heterocycles. The summed E-state index contributed by atoms with van der Waals surface area (Å²) in [4.78, 5) is 16.4. The number of nitrogens with zero attached hydrogens (tertiary/aromatic N) is 3. The van der Waals surface area contributed by atoms with Gasteiger partial charge >= 0.3 is 0 Å². The van der Waals surface area contributed by atoms with E-state index in [-0.39, 0.29) is 11.0 Å². The Hall–Kier alpha value is -2.15. The van der Waals surface area contributed by atoms with E-state index in [9.17, 15) is 4.79 Å². The molecule has 92 valence electrons. The Morgan fingerprint density at radius 2 is 2.11 bits per heavy atom. The Kier molecular flexibility index (Phi) is 2.92. The zero-order valence-corrected chi connectivity index (χ0v) is 10.8. The van der Waals surface area contributed by atoms with E-state index < -0.39 is 0 Å². The molecule has 0 aliphatic carbocycles. The molecule has 4 nitrogen and oxygen atoms in total. The lowest BCUT2D eigenvalue weighted by Gasteiger charge is -2.17. The van der Waals surface area contributed by atoms with Crippen LogP contribution in [-0.4, -0.2) is 9.38 Å². The van der Waals surface area contributed by atoms with E-state index in [2.05, 4.69) is 25.8 Å². The summed E-state index contributed by atoms with van der Waals surface area (Å²) in [7, 11) is 0. The summed E-state index contributed by atoms with van der Waals surface area (Å²) in [6, 6.07) is 6.92. The van der Waals surface area contributed by atoms with Gasteiger partial charge in [0.25, 0.3) is 5.56 Å². The molecule has 0 fully saturated rings. The topological polar surface area (TPSA) is 58.2 Å². The number of hydrogen-bond acceptors (Lipinski definition) is 3. The number of aromatic nitrogens is 2. The van der Waals surface area contributed by atoms with Crippen molar-refractivity contribution in [3.05, 3.63) is 46.0 Å². The molecule has 0 saturated carbocycles. The first-order valence-electron chi connectivity index (χ1n) is 5.81. The van der Waals surface area contributed by atoms with Gasteiger partial charge in [-0.1, -0.05) is 20.8 Å². The third kappa shape index (κ3) is 2.57. The Morgan fingerprint density at radius 3 is 2.72 bits per heavy atom. The van der Waals surface area contributed by atoms with Crippen molar-refractivity contribution in [2.24, 2.45) is 5.41 Å². The molecule has 2 aromatic heterocycles. The van der Waals surface area contributed by atoms with Crippen LogP contribution in [0, 0.1) is 16.7 Å². The van der Waals surface area contributed by atoms with Crippen LogP contribution < -0.4 is 5.56 Å². The molecule has 0 unspecified atom stereocenters. The van der Waals surface area contributed by atoms with Gasteiger partial charge in [-0.15, -0.1) is 0 Å². The number of rotatable bonds is 1. The van der Waals surface area contributed by atoms with E-state index in [4.69, 9.17) is 5.26 Å². The number of hydrogen-bond donors (Lipinski definition) is 0. The van der Waals surface area contributed by atoms with Crippen molar-refractivity contribution < 1.29 is 0 Å². The SMILES string of the molecule is CC(C)(C)Cc1cc(=O)n2cc(C#N)ccc2n1. The van der Waals surface area contributed by atoms with Crippen molar-refractivity contribution in [3.63, 3.8) is 0 Å². The zero-order valence-electron chi connectivity index (χ0n) is 10.8. The monoisotopic (exact) mass is 241 g/mol. The fourth-order valence-electron chi connectivity index (χ4n) is 1.85. The van der Waals surface area contributed by atoms with Crippen LogP contribution in [0.3, 0.4) is 0 Å². The largest absolute Gasteiger partial charge is 0.269 e. The predicted octanol–water partition coefficient (Wildman–Crippen LogP) is 2.15. The fourth-order valence-corrected chi connectivity index (χ4v) is 1.85. The lowest BCUT2D eigenvalue weighted by Crippen LogP contribution is -2.19. The van der Waals surface area contributed by atoms with Crippen LogP contribution in [0.25, 0.3) is 5.65 Å². The molecule has 0 bridgehead atoms. The van der Waals surface area contributed by atoms with Crippen molar-refractivity contribution in [3.8, 4) is 6.07 Å². The summed E-state index contributed by atoms with van der Waals surface area (Å²) in [6.45, 7) is 6.32. The molecule has 2 aromatic rings. The normalized spacial score (nSPS) is 11.4. The second-order valence-corrected chi connectivity index (χ2v) is 5.58. The maximum Gasteiger partial charge on any atom is 0.258 e. The summed E-state index contributed by atoms with van der Waals surface area (Å²) in [6.07, 6.45) is 2.27. The fraction of sp³-hybridized carbons (Fsp3) is 0.357. The molecular weight excluding hydrogens is 226 g/mol. The van der Waals surface area contributed by atoms with Gasteiger partial charge in [-0.25, -0.2) is 4.98 Å². The highest BCUT2D eigenvalue weighted by molar-refractivity contribution is 5.43. The van der Waals surface area contributed by atoms with Gasteiger partial charge in [0.2, 0.25) is 0 Å². The first-order valence-corrected chi connectivity index (χ1v) is 5.81. The second-order valence-electron chi connectivity index (χ2n) is 5.58. The molecule has 4 heteroatoms. The molecule has 2 rings (SSSR count). The molecule has 0 spiro atoms. The molecule has 0 aromatic carbocycles. The molecule has 2 heterocycles. The van der Waals surface area contributed by atoms with Crippen molar-refractivity contribution >= 4 is 5.65 Å². The highest BCUT2D eigenvalue weighted by Crippen LogP contribution is 2.18. The smallest absolute Gasteiger partial charge is 0.258 e. The average Bonchev–Trinajstić information content (AvgIpc) is 2.26. The summed E-state index contributed by atoms with van der Waals surface area (Å²) in [5.41, 5.74) is 1.77. The van der Waals surface area contributed by atoms with Crippen LogP contribution >= 0.6 is 0 Å². The van der Waals surface area contributed by atoms with Gasteiger partial charge < -0.3 is 0 Å². The van der Waals surface area contributed by atoms with Crippen LogP contribution in [0.2, 0.25) is 0 Å². The highest BCUT2D eigenvalue weighted by atomic mass is 16.1. The lowest BCUT2D eigenvalue weighted by atomic mass is 9.90. The van der Waals surface area contributed by atoms with Gasteiger partial charge in [0.15, 0.2) is 0 Å². The van der Waals surface area contributed by atoms with Gasteiger partial charge in [0.1, 0.15) is 11.7 Å². The first-order chi connectivity index (χ1) is 8.39. The molecule has 0 amide bonds. The van der Waals surface area contributed by atoms with Crippen LogP contribution in [0.1, 0.15) is 32.0 Å². The first kappa shape index (κ1) is 12.3. The molecule has 0 radical (unpaired) electrons. The Bertz CT molecular complexity index is 687. The maximum atomic E-state index is 12.0. The standard InChI is InChI=1S/C14H15N3O/c1-14(2,3)7-11-6-13(18)17-9-10(8-15)4-5-12(17)16-11/h4-6,9H,7H2,1-3H3. The van der Waals surface area contributed by atoms with Gasteiger partial charge in [0.05, 0.1) is 5.56 Å². The molecule has 18 heavy (non-hydrogen) atoms. The van der Waals surface area contributed by atoms with E-state index in [1.54, 1.807) is 18.2 Å². The number of nitriles is 1.